The van der Waals surface area contributed by atoms with Crippen LogP contribution in [0, 0.1) is 17.8 Å². The minimum atomic E-state index is -0.990. The van der Waals surface area contributed by atoms with Crippen molar-refractivity contribution in [1.29, 1.82) is 0 Å². The number of carbonyl (C=O) groups is 2. The average Bonchev–Trinajstić information content (AvgIpc) is 2.57. The summed E-state index contributed by atoms with van der Waals surface area (Å²) in [5.41, 5.74) is 0. The Balaban J connectivity index is 2.64. The fourth-order valence-corrected chi connectivity index (χ4v) is 1.91. The van der Waals surface area contributed by atoms with Gasteiger partial charge in [-0.15, -0.1) is 0 Å². The smallest absolute Gasteiger partial charge is 0.307 e. The van der Waals surface area contributed by atoms with Gasteiger partial charge in [-0.1, -0.05) is 0 Å². The Hall–Kier alpha value is -1.10. The van der Waals surface area contributed by atoms with Crippen LogP contribution in [-0.2, 0) is 9.59 Å². The summed E-state index contributed by atoms with van der Waals surface area (Å²) in [5.74, 6) is -3.58. The first-order valence-electron chi connectivity index (χ1n) is 4.50. The monoisotopic (exact) mass is 202 g/mol. The number of carboxylic acids is 2. The van der Waals surface area contributed by atoms with E-state index in [-0.39, 0.29) is 5.92 Å². The molecular formula is C9H16NO4+. The minimum Gasteiger partial charge on any atom is -0.481 e. The van der Waals surface area contributed by atoms with E-state index in [0.29, 0.717) is 11.0 Å². The van der Waals surface area contributed by atoms with Crippen LogP contribution in [0.1, 0.15) is 0 Å². The predicted octanol–water partition coefficient (Wildman–Crippen LogP) is -0.276. The van der Waals surface area contributed by atoms with Gasteiger partial charge in [-0.25, -0.2) is 0 Å². The SMILES string of the molecule is C[N+](C)(C)CC1[C@@H](C(=O)O)[C@@H]1C(=O)O. The summed E-state index contributed by atoms with van der Waals surface area (Å²) in [5, 5.41) is 17.5. The topological polar surface area (TPSA) is 74.6 Å². The Morgan fingerprint density at radius 1 is 1.07 bits per heavy atom. The summed E-state index contributed by atoms with van der Waals surface area (Å²) in [7, 11) is 5.78. The van der Waals surface area contributed by atoms with Crippen LogP contribution in [-0.4, -0.2) is 54.3 Å². The second kappa shape index (κ2) is 3.24. The summed E-state index contributed by atoms with van der Waals surface area (Å²) < 4.78 is 0.595. The van der Waals surface area contributed by atoms with Crippen molar-refractivity contribution in [3.8, 4) is 0 Å². The molecule has 0 aromatic heterocycles. The molecule has 1 aliphatic rings. The first-order valence-corrected chi connectivity index (χ1v) is 4.50. The highest BCUT2D eigenvalue weighted by atomic mass is 16.4. The minimum absolute atomic E-state index is 0.218. The lowest BCUT2D eigenvalue weighted by molar-refractivity contribution is -0.872. The Morgan fingerprint density at radius 2 is 1.43 bits per heavy atom. The Kier molecular flexibility index (Phi) is 2.54. The molecule has 14 heavy (non-hydrogen) atoms. The average molecular weight is 202 g/mol. The summed E-state index contributed by atoms with van der Waals surface area (Å²) >= 11 is 0. The van der Waals surface area contributed by atoms with Crippen LogP contribution in [0.2, 0.25) is 0 Å². The molecule has 2 N–H and O–H groups in total. The fraction of sp³-hybridized carbons (Fsp3) is 0.778. The molecule has 5 heteroatoms. The van der Waals surface area contributed by atoms with Gasteiger partial charge in [0.2, 0.25) is 0 Å². The molecule has 0 unspecified atom stereocenters. The van der Waals surface area contributed by atoms with Gasteiger partial charge in [-0.2, -0.15) is 0 Å². The molecule has 0 aliphatic heterocycles. The summed E-state index contributed by atoms with van der Waals surface area (Å²) in [6.07, 6.45) is 0. The van der Waals surface area contributed by atoms with Crippen molar-refractivity contribution in [3.63, 3.8) is 0 Å². The zero-order valence-corrected chi connectivity index (χ0v) is 8.60. The van der Waals surface area contributed by atoms with Gasteiger partial charge < -0.3 is 14.7 Å². The maximum absolute atomic E-state index is 10.7. The number of nitrogens with zero attached hydrogens (tertiary/aromatic N) is 1. The number of quaternary nitrogens is 1. The number of hydrogen-bond acceptors (Lipinski definition) is 2. The maximum Gasteiger partial charge on any atom is 0.307 e. The van der Waals surface area contributed by atoms with Crippen LogP contribution in [0.3, 0.4) is 0 Å². The van der Waals surface area contributed by atoms with Crippen molar-refractivity contribution >= 4 is 11.9 Å². The largest absolute Gasteiger partial charge is 0.481 e. The quantitative estimate of drug-likeness (QED) is 0.615. The standard InChI is InChI=1S/C9H15NO4/c1-10(2,3)4-5-6(8(11)12)7(5)9(13)14/h5-7H,4H2,1-3H3,(H-,11,12,13,14)/p+1/t6-,7-/m1/s1. The van der Waals surface area contributed by atoms with E-state index in [1.54, 1.807) is 0 Å². The summed E-state index contributed by atoms with van der Waals surface area (Å²) in [6.45, 7) is 0.591. The van der Waals surface area contributed by atoms with E-state index in [9.17, 15) is 9.59 Å². The number of aliphatic carboxylic acids is 2. The van der Waals surface area contributed by atoms with Crippen LogP contribution in [0.5, 0.6) is 0 Å². The van der Waals surface area contributed by atoms with Crippen molar-refractivity contribution < 1.29 is 24.3 Å². The summed E-state index contributed by atoms with van der Waals surface area (Å²) in [4.78, 5) is 21.4. The molecule has 1 saturated carbocycles. The molecule has 1 aliphatic carbocycles. The molecule has 80 valence electrons. The van der Waals surface area contributed by atoms with Gasteiger partial charge in [-0.3, -0.25) is 9.59 Å². The lowest BCUT2D eigenvalue weighted by Crippen LogP contribution is -2.37. The zero-order chi connectivity index (χ0) is 11.1. The number of rotatable bonds is 4. The van der Waals surface area contributed by atoms with E-state index in [0.717, 1.165) is 0 Å². The highest BCUT2D eigenvalue weighted by Crippen LogP contribution is 2.47. The van der Waals surface area contributed by atoms with Crippen molar-refractivity contribution in [2.75, 3.05) is 27.7 Å². The third kappa shape index (κ3) is 2.23. The van der Waals surface area contributed by atoms with Gasteiger partial charge in [-0.05, 0) is 0 Å². The second-order valence-electron chi connectivity index (χ2n) is 4.86. The third-order valence-corrected chi connectivity index (χ3v) is 2.50. The summed E-state index contributed by atoms with van der Waals surface area (Å²) in [6, 6.07) is 0. The van der Waals surface area contributed by atoms with Crippen LogP contribution in [0.15, 0.2) is 0 Å². The van der Waals surface area contributed by atoms with E-state index in [2.05, 4.69) is 0 Å². The maximum atomic E-state index is 10.7. The Bertz CT molecular complexity index is 248. The Labute approximate surface area is 82.5 Å². The molecule has 0 bridgehead atoms. The molecule has 0 radical (unpaired) electrons. The van der Waals surface area contributed by atoms with E-state index in [1.807, 2.05) is 21.1 Å². The first-order chi connectivity index (χ1) is 6.24. The number of carboxylic acid groups (broad SMARTS) is 2. The van der Waals surface area contributed by atoms with Gasteiger partial charge in [0.25, 0.3) is 0 Å². The normalized spacial score (nSPS) is 31.2. The van der Waals surface area contributed by atoms with E-state index >= 15 is 0 Å². The molecule has 0 spiro atoms. The third-order valence-electron chi connectivity index (χ3n) is 2.50. The van der Waals surface area contributed by atoms with Crippen LogP contribution in [0.4, 0.5) is 0 Å². The van der Waals surface area contributed by atoms with Crippen LogP contribution >= 0.6 is 0 Å². The molecule has 0 heterocycles. The van der Waals surface area contributed by atoms with E-state index < -0.39 is 23.8 Å². The number of hydrogen-bond donors (Lipinski definition) is 2. The van der Waals surface area contributed by atoms with Crippen LogP contribution < -0.4 is 0 Å². The van der Waals surface area contributed by atoms with Crippen molar-refractivity contribution in [2.24, 2.45) is 17.8 Å². The molecule has 2 atom stereocenters. The molecule has 5 nitrogen and oxygen atoms in total. The van der Waals surface area contributed by atoms with Crippen molar-refractivity contribution in [3.05, 3.63) is 0 Å². The molecule has 1 rings (SSSR count). The molecule has 0 amide bonds. The van der Waals surface area contributed by atoms with Crippen molar-refractivity contribution in [2.45, 2.75) is 0 Å². The van der Waals surface area contributed by atoms with Gasteiger partial charge in [0, 0.05) is 5.92 Å². The van der Waals surface area contributed by atoms with Gasteiger partial charge >= 0.3 is 11.9 Å². The van der Waals surface area contributed by atoms with Crippen molar-refractivity contribution in [1.82, 2.24) is 0 Å². The first kappa shape index (κ1) is 11.0. The zero-order valence-electron chi connectivity index (χ0n) is 8.60. The second-order valence-corrected chi connectivity index (χ2v) is 4.86. The predicted molar refractivity (Wildman–Crippen MR) is 48.6 cm³/mol. The molecule has 1 fully saturated rings. The molecule has 0 aromatic carbocycles. The highest BCUT2D eigenvalue weighted by molar-refractivity contribution is 5.86. The van der Waals surface area contributed by atoms with Gasteiger partial charge in [0.1, 0.15) is 0 Å². The molecular weight excluding hydrogens is 186 g/mol. The lowest BCUT2D eigenvalue weighted by atomic mass is 10.3. The lowest BCUT2D eigenvalue weighted by Gasteiger charge is -2.23. The fourth-order valence-electron chi connectivity index (χ4n) is 1.91. The molecule has 0 aromatic rings. The van der Waals surface area contributed by atoms with Crippen LogP contribution in [0.25, 0.3) is 0 Å². The van der Waals surface area contributed by atoms with E-state index in [4.69, 9.17) is 10.2 Å². The van der Waals surface area contributed by atoms with Gasteiger partial charge in [0.05, 0.1) is 39.5 Å². The highest BCUT2D eigenvalue weighted by Gasteiger charge is 2.61. The Morgan fingerprint density at radius 3 is 1.64 bits per heavy atom. The van der Waals surface area contributed by atoms with Gasteiger partial charge in [0.15, 0.2) is 0 Å². The molecule has 0 saturated heterocycles. The van der Waals surface area contributed by atoms with E-state index in [1.165, 1.54) is 0 Å².